The number of nitriles is 1. The second-order valence-corrected chi connectivity index (χ2v) is 4.48. The second kappa shape index (κ2) is 5.49. The van der Waals surface area contributed by atoms with E-state index >= 15 is 0 Å². The maximum atomic E-state index is 9.45. The molecule has 1 aromatic rings. The summed E-state index contributed by atoms with van der Waals surface area (Å²) in [4.78, 5) is 0. The Kier molecular flexibility index (Phi) is 3.76. The molecule has 2 rings (SSSR count). The van der Waals surface area contributed by atoms with E-state index in [-0.39, 0.29) is 11.8 Å². The van der Waals surface area contributed by atoms with Crippen molar-refractivity contribution in [1.82, 2.24) is 5.32 Å². The summed E-state index contributed by atoms with van der Waals surface area (Å²) in [6.45, 7) is 1.71. The Balaban J connectivity index is 2.71. The number of benzene rings is 1. The topological polar surface area (TPSA) is 94.9 Å². The van der Waals surface area contributed by atoms with Crippen LogP contribution in [0.4, 0.5) is 0 Å². The quantitative estimate of drug-likeness (QED) is 0.764. The van der Waals surface area contributed by atoms with Gasteiger partial charge < -0.3 is 15.8 Å². The highest BCUT2D eigenvalue weighted by molar-refractivity contribution is 5.96. The molecule has 0 spiro atoms. The third-order valence-corrected chi connectivity index (χ3v) is 3.18. The predicted octanol–water partition coefficient (Wildman–Crippen LogP) is 1.96. The van der Waals surface area contributed by atoms with Gasteiger partial charge in [-0.3, -0.25) is 5.41 Å². The van der Waals surface area contributed by atoms with E-state index in [1.807, 2.05) is 30.3 Å². The van der Waals surface area contributed by atoms with Gasteiger partial charge in [-0.05, 0) is 12.5 Å². The first-order valence-corrected chi connectivity index (χ1v) is 6.20. The molecule has 0 saturated carbocycles. The van der Waals surface area contributed by atoms with Crippen LogP contribution in [0.1, 0.15) is 18.4 Å². The monoisotopic (exact) mass is 268 g/mol. The lowest BCUT2D eigenvalue weighted by Crippen LogP contribution is -2.29. The highest BCUT2D eigenvalue weighted by atomic mass is 16.5. The van der Waals surface area contributed by atoms with E-state index in [4.69, 9.17) is 15.9 Å². The van der Waals surface area contributed by atoms with Gasteiger partial charge in [0.15, 0.2) is 0 Å². The van der Waals surface area contributed by atoms with Crippen LogP contribution >= 0.6 is 0 Å². The number of hydrogen-bond donors (Lipinski definition) is 3. The summed E-state index contributed by atoms with van der Waals surface area (Å²) in [5.74, 6) is -0.103. The van der Waals surface area contributed by atoms with Crippen LogP contribution in [0.5, 0.6) is 0 Å². The summed E-state index contributed by atoms with van der Waals surface area (Å²) in [6, 6.07) is 11.7. The molecule has 0 aliphatic carbocycles. The summed E-state index contributed by atoms with van der Waals surface area (Å²) in [7, 11) is 1.66. The van der Waals surface area contributed by atoms with Gasteiger partial charge in [-0.1, -0.05) is 30.3 Å². The molecule has 5 nitrogen and oxygen atoms in total. The van der Waals surface area contributed by atoms with Gasteiger partial charge >= 0.3 is 0 Å². The lowest BCUT2D eigenvalue weighted by molar-refractivity contribution is 0.357. The molecule has 0 bridgehead atoms. The van der Waals surface area contributed by atoms with Gasteiger partial charge in [0.05, 0.1) is 5.92 Å². The molecule has 20 heavy (non-hydrogen) atoms. The Bertz CT molecular complexity index is 634. The first-order valence-electron chi connectivity index (χ1n) is 6.20. The van der Waals surface area contributed by atoms with Gasteiger partial charge in [0.25, 0.3) is 0 Å². The first-order chi connectivity index (χ1) is 9.60. The minimum Gasteiger partial charge on any atom is -0.422 e. The Morgan fingerprint density at radius 3 is 2.55 bits per heavy atom. The van der Waals surface area contributed by atoms with Gasteiger partial charge in [0.2, 0.25) is 11.8 Å². The summed E-state index contributed by atoms with van der Waals surface area (Å²) >= 11 is 0. The van der Waals surface area contributed by atoms with Crippen molar-refractivity contribution in [2.24, 2.45) is 5.73 Å². The largest absolute Gasteiger partial charge is 0.422 e. The van der Waals surface area contributed by atoms with Crippen LogP contribution in [0, 0.1) is 16.7 Å². The number of allylic oxidation sites excluding steroid dienone is 2. The Morgan fingerprint density at radius 1 is 1.40 bits per heavy atom. The molecule has 1 aromatic carbocycles. The van der Waals surface area contributed by atoms with Crippen molar-refractivity contribution in [3.63, 3.8) is 0 Å². The molecular weight excluding hydrogens is 252 g/mol. The third-order valence-electron chi connectivity index (χ3n) is 3.18. The fourth-order valence-corrected chi connectivity index (χ4v) is 2.31. The first kappa shape index (κ1) is 13.7. The molecule has 0 saturated heterocycles. The van der Waals surface area contributed by atoms with E-state index in [2.05, 4.69) is 11.4 Å². The average Bonchev–Trinajstić information content (AvgIpc) is 2.46. The number of ether oxygens (including phenoxy) is 1. The fraction of sp³-hybridized carbons (Fsp3) is 0.200. The molecule has 0 amide bonds. The van der Waals surface area contributed by atoms with Crippen LogP contribution in [0.3, 0.4) is 0 Å². The normalized spacial score (nSPS) is 21.1. The zero-order valence-electron chi connectivity index (χ0n) is 11.4. The van der Waals surface area contributed by atoms with E-state index < -0.39 is 0 Å². The van der Waals surface area contributed by atoms with E-state index in [9.17, 15) is 5.26 Å². The van der Waals surface area contributed by atoms with Crippen LogP contribution in [-0.4, -0.2) is 12.9 Å². The smallest absolute Gasteiger partial charge is 0.219 e. The van der Waals surface area contributed by atoms with Gasteiger partial charge in [0.1, 0.15) is 11.6 Å². The van der Waals surface area contributed by atoms with Gasteiger partial charge in [-0.2, -0.15) is 5.26 Å². The lowest BCUT2D eigenvalue weighted by atomic mass is 9.82. The van der Waals surface area contributed by atoms with Crippen molar-refractivity contribution < 1.29 is 4.74 Å². The third kappa shape index (κ3) is 2.24. The van der Waals surface area contributed by atoms with Crippen molar-refractivity contribution in [2.45, 2.75) is 12.8 Å². The highest BCUT2D eigenvalue weighted by Crippen LogP contribution is 2.38. The van der Waals surface area contributed by atoms with E-state index in [1.54, 1.807) is 14.0 Å². The Hall–Kier alpha value is -2.74. The van der Waals surface area contributed by atoms with Crippen molar-refractivity contribution >= 4 is 5.90 Å². The highest BCUT2D eigenvalue weighted by Gasteiger charge is 2.34. The molecule has 5 heteroatoms. The fourth-order valence-electron chi connectivity index (χ4n) is 2.31. The van der Waals surface area contributed by atoms with Crippen LogP contribution < -0.4 is 11.1 Å². The van der Waals surface area contributed by atoms with Crippen LogP contribution in [0.2, 0.25) is 0 Å². The number of nitrogens with two attached hydrogens (primary N) is 1. The molecule has 1 aliphatic rings. The molecule has 1 heterocycles. The molecule has 1 atom stereocenters. The van der Waals surface area contributed by atoms with Crippen molar-refractivity contribution in [3.05, 3.63) is 58.6 Å². The van der Waals surface area contributed by atoms with Gasteiger partial charge in [-0.15, -0.1) is 0 Å². The van der Waals surface area contributed by atoms with E-state index in [0.717, 1.165) is 5.56 Å². The van der Waals surface area contributed by atoms with Crippen molar-refractivity contribution in [2.75, 3.05) is 7.05 Å². The molecule has 4 N–H and O–H groups in total. The Morgan fingerprint density at radius 2 is 2.05 bits per heavy atom. The molecule has 0 radical (unpaired) electrons. The maximum Gasteiger partial charge on any atom is 0.219 e. The maximum absolute atomic E-state index is 9.45. The lowest BCUT2D eigenvalue weighted by Gasteiger charge is -2.28. The zero-order valence-corrected chi connectivity index (χ0v) is 11.4. The molecule has 102 valence electrons. The molecular formula is C15H16N4O. The van der Waals surface area contributed by atoms with Crippen LogP contribution in [0.15, 0.2) is 53.1 Å². The van der Waals surface area contributed by atoms with E-state index in [1.165, 1.54) is 0 Å². The molecule has 1 unspecified atom stereocenters. The van der Waals surface area contributed by atoms with Crippen LogP contribution in [-0.2, 0) is 4.74 Å². The minimum atomic E-state index is -0.380. The minimum absolute atomic E-state index is 0.0257. The zero-order chi connectivity index (χ0) is 14.7. The number of hydrogen-bond acceptors (Lipinski definition) is 5. The van der Waals surface area contributed by atoms with Crippen LogP contribution in [0.25, 0.3) is 0 Å². The van der Waals surface area contributed by atoms with Gasteiger partial charge in [0, 0.05) is 18.3 Å². The summed E-state index contributed by atoms with van der Waals surface area (Å²) in [5.41, 5.74) is 8.24. The van der Waals surface area contributed by atoms with Gasteiger partial charge in [-0.25, -0.2) is 0 Å². The Labute approximate surface area is 117 Å². The van der Waals surface area contributed by atoms with E-state index in [0.29, 0.717) is 22.7 Å². The average molecular weight is 268 g/mol. The standard InChI is InChI=1S/C15H16N4O/c1-9(17)12-13(10-6-4-3-5-7-10)11(8-16)15(19-2)20-14(12)18/h3-7,13,18-19H,17H2,1-2H3/b12-9-,18-14?. The summed E-state index contributed by atoms with van der Waals surface area (Å²) < 4.78 is 5.36. The second-order valence-electron chi connectivity index (χ2n) is 4.48. The van der Waals surface area contributed by atoms with Crippen molar-refractivity contribution in [3.8, 4) is 6.07 Å². The number of nitrogens with zero attached hydrogens (tertiary/aromatic N) is 1. The number of rotatable bonds is 2. The molecule has 0 fully saturated rings. The number of nitrogens with one attached hydrogen (secondary N) is 2. The SMILES string of the molecule is CNC1=C(C#N)C(c2ccccc2)/C(=C(\C)N)C(=N)O1. The summed E-state index contributed by atoms with van der Waals surface area (Å²) in [6.07, 6.45) is 0. The molecule has 1 aliphatic heterocycles. The summed E-state index contributed by atoms with van der Waals surface area (Å²) in [5, 5.41) is 20.3. The predicted molar refractivity (Wildman–Crippen MR) is 76.6 cm³/mol. The molecule has 0 aromatic heterocycles. The van der Waals surface area contributed by atoms with Crippen molar-refractivity contribution in [1.29, 1.82) is 10.7 Å².